The second-order valence-corrected chi connectivity index (χ2v) is 5.22. The highest BCUT2D eigenvalue weighted by atomic mass is 79.9. The maximum Gasteiger partial charge on any atom is 0.355 e. The molecule has 0 aliphatic carbocycles. The first kappa shape index (κ1) is 12.3. The molecule has 0 amide bonds. The van der Waals surface area contributed by atoms with E-state index in [1.807, 2.05) is 6.07 Å². The van der Waals surface area contributed by atoms with E-state index < -0.39 is 5.97 Å². The Kier molecular flexibility index (Phi) is 3.66. The fourth-order valence-corrected chi connectivity index (χ4v) is 2.26. The first-order valence-corrected chi connectivity index (χ1v) is 6.52. The van der Waals surface area contributed by atoms with Crippen molar-refractivity contribution in [3.05, 3.63) is 38.8 Å². The number of thiazole rings is 1. The number of nitrogens with one attached hydrogen (secondary N) is 1. The molecular weight excluding hydrogens is 328 g/mol. The van der Waals surface area contributed by atoms with Crippen LogP contribution in [0.4, 0.5) is 10.8 Å². The molecule has 2 aromatic rings. The number of halogens is 2. The SMILES string of the molecule is O=C(O)c1csc(Nc2ccc(Br)c(Cl)c2)n1. The molecule has 0 spiro atoms. The summed E-state index contributed by atoms with van der Waals surface area (Å²) in [6.45, 7) is 0. The lowest BCUT2D eigenvalue weighted by molar-refractivity contribution is 0.0691. The topological polar surface area (TPSA) is 62.2 Å². The van der Waals surface area contributed by atoms with Gasteiger partial charge in [-0.3, -0.25) is 0 Å². The van der Waals surface area contributed by atoms with Gasteiger partial charge in [0.2, 0.25) is 0 Å². The van der Waals surface area contributed by atoms with E-state index in [2.05, 4.69) is 26.2 Å². The summed E-state index contributed by atoms with van der Waals surface area (Å²) in [5.41, 5.74) is 0.783. The number of benzene rings is 1. The van der Waals surface area contributed by atoms with Crippen LogP contribution in [0.1, 0.15) is 10.5 Å². The van der Waals surface area contributed by atoms with Crippen molar-refractivity contribution in [2.45, 2.75) is 0 Å². The Labute approximate surface area is 114 Å². The Balaban J connectivity index is 2.19. The molecular formula is C10H6BrClN2O2S. The number of hydrogen-bond acceptors (Lipinski definition) is 4. The average Bonchev–Trinajstić information content (AvgIpc) is 2.72. The first-order chi connectivity index (χ1) is 8.06. The Morgan fingerprint density at radius 1 is 1.53 bits per heavy atom. The van der Waals surface area contributed by atoms with Crippen molar-refractivity contribution in [3.8, 4) is 0 Å². The van der Waals surface area contributed by atoms with Gasteiger partial charge in [0, 0.05) is 15.5 Å². The molecule has 1 heterocycles. The summed E-state index contributed by atoms with van der Waals surface area (Å²) in [6.07, 6.45) is 0. The van der Waals surface area contributed by atoms with Gasteiger partial charge in [0.1, 0.15) is 0 Å². The highest BCUT2D eigenvalue weighted by Crippen LogP contribution is 2.28. The third-order valence-corrected chi connectivity index (χ3v) is 3.88. The molecule has 17 heavy (non-hydrogen) atoms. The Morgan fingerprint density at radius 2 is 2.29 bits per heavy atom. The van der Waals surface area contributed by atoms with Crippen molar-refractivity contribution in [2.24, 2.45) is 0 Å². The van der Waals surface area contributed by atoms with E-state index >= 15 is 0 Å². The van der Waals surface area contributed by atoms with Crippen LogP contribution in [0.25, 0.3) is 0 Å². The Morgan fingerprint density at radius 3 is 2.88 bits per heavy atom. The van der Waals surface area contributed by atoms with Gasteiger partial charge in [0.05, 0.1) is 5.02 Å². The van der Waals surface area contributed by atoms with Gasteiger partial charge < -0.3 is 10.4 Å². The Hall–Kier alpha value is -1.11. The minimum atomic E-state index is -1.04. The largest absolute Gasteiger partial charge is 0.476 e. The number of aromatic nitrogens is 1. The van der Waals surface area contributed by atoms with Gasteiger partial charge in [-0.2, -0.15) is 0 Å². The fourth-order valence-electron chi connectivity index (χ4n) is 1.13. The van der Waals surface area contributed by atoms with Gasteiger partial charge in [-0.1, -0.05) is 11.6 Å². The summed E-state index contributed by atoms with van der Waals surface area (Å²) in [4.78, 5) is 14.6. The monoisotopic (exact) mass is 332 g/mol. The molecule has 0 radical (unpaired) electrons. The number of carboxylic acid groups (broad SMARTS) is 1. The Bertz CT molecular complexity index is 573. The summed E-state index contributed by atoms with van der Waals surface area (Å²) in [5, 5.41) is 14.3. The lowest BCUT2D eigenvalue weighted by Gasteiger charge is -2.03. The van der Waals surface area contributed by atoms with Gasteiger partial charge in [0.25, 0.3) is 0 Å². The number of nitrogens with zero attached hydrogens (tertiary/aromatic N) is 1. The van der Waals surface area contributed by atoms with Crippen molar-refractivity contribution in [1.29, 1.82) is 0 Å². The molecule has 2 N–H and O–H groups in total. The van der Waals surface area contributed by atoms with Crippen LogP contribution in [0.3, 0.4) is 0 Å². The van der Waals surface area contributed by atoms with Crippen LogP contribution in [0.2, 0.25) is 5.02 Å². The maximum atomic E-state index is 10.7. The van der Waals surface area contributed by atoms with Crippen LogP contribution in [0, 0.1) is 0 Å². The molecule has 2 rings (SSSR count). The smallest absolute Gasteiger partial charge is 0.355 e. The fraction of sp³-hybridized carbons (Fsp3) is 0. The molecule has 7 heteroatoms. The quantitative estimate of drug-likeness (QED) is 0.891. The summed E-state index contributed by atoms with van der Waals surface area (Å²) < 4.78 is 0.801. The van der Waals surface area contributed by atoms with E-state index in [4.69, 9.17) is 16.7 Å². The number of hydrogen-bond donors (Lipinski definition) is 2. The average molecular weight is 334 g/mol. The molecule has 0 atom stereocenters. The molecule has 0 aliphatic rings. The number of aromatic carboxylic acids is 1. The van der Waals surface area contributed by atoms with Crippen LogP contribution < -0.4 is 5.32 Å². The van der Waals surface area contributed by atoms with Gasteiger partial charge in [0.15, 0.2) is 10.8 Å². The van der Waals surface area contributed by atoms with Crippen LogP contribution in [0.5, 0.6) is 0 Å². The minimum absolute atomic E-state index is 0.0284. The molecule has 4 nitrogen and oxygen atoms in total. The molecule has 0 unspecified atom stereocenters. The van der Waals surface area contributed by atoms with Gasteiger partial charge >= 0.3 is 5.97 Å². The van der Waals surface area contributed by atoms with E-state index in [1.54, 1.807) is 12.1 Å². The summed E-state index contributed by atoms with van der Waals surface area (Å²) in [6, 6.07) is 5.35. The van der Waals surface area contributed by atoms with Crippen molar-refractivity contribution in [1.82, 2.24) is 4.98 Å². The van der Waals surface area contributed by atoms with Gasteiger partial charge in [-0.05, 0) is 34.1 Å². The molecule has 1 aromatic carbocycles. The van der Waals surface area contributed by atoms with E-state index in [1.165, 1.54) is 16.7 Å². The maximum absolute atomic E-state index is 10.7. The molecule has 0 fully saturated rings. The van der Waals surface area contributed by atoms with E-state index in [-0.39, 0.29) is 5.69 Å². The second kappa shape index (κ2) is 5.03. The summed E-state index contributed by atoms with van der Waals surface area (Å²) in [7, 11) is 0. The third-order valence-electron chi connectivity index (χ3n) is 1.89. The zero-order chi connectivity index (χ0) is 12.4. The number of anilines is 2. The van der Waals surface area contributed by atoms with E-state index in [0.29, 0.717) is 10.2 Å². The normalized spacial score (nSPS) is 10.2. The summed E-state index contributed by atoms with van der Waals surface area (Å²) >= 11 is 10.5. The first-order valence-electron chi connectivity index (χ1n) is 4.47. The third kappa shape index (κ3) is 2.96. The van der Waals surface area contributed by atoms with Crippen molar-refractivity contribution < 1.29 is 9.90 Å². The number of carboxylic acids is 1. The van der Waals surface area contributed by atoms with Crippen LogP contribution in [-0.4, -0.2) is 16.1 Å². The van der Waals surface area contributed by atoms with E-state index in [0.717, 1.165) is 10.2 Å². The van der Waals surface area contributed by atoms with Crippen LogP contribution >= 0.6 is 38.9 Å². The number of rotatable bonds is 3. The summed E-state index contributed by atoms with van der Waals surface area (Å²) in [5.74, 6) is -1.04. The minimum Gasteiger partial charge on any atom is -0.476 e. The zero-order valence-corrected chi connectivity index (χ0v) is 11.4. The molecule has 1 aromatic heterocycles. The highest BCUT2D eigenvalue weighted by Gasteiger charge is 2.08. The van der Waals surface area contributed by atoms with Crippen LogP contribution in [-0.2, 0) is 0 Å². The number of carbonyl (C=O) groups is 1. The standard InChI is InChI=1S/C10H6BrClN2O2S/c11-6-2-1-5(3-7(6)12)13-10-14-8(4-17-10)9(15)16/h1-4H,(H,13,14)(H,15,16). The second-order valence-electron chi connectivity index (χ2n) is 3.10. The van der Waals surface area contributed by atoms with Crippen molar-refractivity contribution in [2.75, 3.05) is 5.32 Å². The molecule has 0 bridgehead atoms. The molecule has 88 valence electrons. The van der Waals surface area contributed by atoms with Crippen molar-refractivity contribution >= 4 is 55.7 Å². The van der Waals surface area contributed by atoms with Gasteiger partial charge in [-0.15, -0.1) is 11.3 Å². The van der Waals surface area contributed by atoms with Gasteiger partial charge in [-0.25, -0.2) is 9.78 Å². The molecule has 0 saturated heterocycles. The predicted molar refractivity (Wildman–Crippen MR) is 71.5 cm³/mol. The highest BCUT2D eigenvalue weighted by molar-refractivity contribution is 9.10. The lowest BCUT2D eigenvalue weighted by atomic mass is 10.3. The van der Waals surface area contributed by atoms with Crippen molar-refractivity contribution in [3.63, 3.8) is 0 Å². The van der Waals surface area contributed by atoms with E-state index in [9.17, 15) is 4.79 Å². The van der Waals surface area contributed by atoms with Crippen LogP contribution in [0.15, 0.2) is 28.1 Å². The lowest BCUT2D eigenvalue weighted by Crippen LogP contribution is -1.97. The predicted octanol–water partition coefficient (Wildman–Crippen LogP) is 4.00. The molecule has 0 aliphatic heterocycles. The molecule has 0 saturated carbocycles. The zero-order valence-electron chi connectivity index (χ0n) is 8.28.